The Hall–Kier alpha value is -5.08. The van der Waals surface area contributed by atoms with E-state index in [4.69, 9.17) is 0 Å². The summed E-state index contributed by atoms with van der Waals surface area (Å²) in [5, 5.41) is 5.39. The van der Waals surface area contributed by atoms with E-state index in [1.165, 1.54) is 83.3 Å². The molecule has 0 bridgehead atoms. The molecule has 1 spiro atoms. The van der Waals surface area contributed by atoms with Gasteiger partial charge in [-0.25, -0.2) is 0 Å². The van der Waals surface area contributed by atoms with Crippen molar-refractivity contribution < 1.29 is 9.13 Å². The number of rotatable bonds is 0. The second-order valence-corrected chi connectivity index (χ2v) is 13.2. The maximum absolute atomic E-state index is 2.81. The number of aromatic nitrogens is 2. The van der Waals surface area contributed by atoms with Gasteiger partial charge in [-0.2, -0.15) is 0 Å². The van der Waals surface area contributed by atoms with Crippen LogP contribution in [-0.4, -0.2) is 0 Å². The summed E-state index contributed by atoms with van der Waals surface area (Å²) in [5.41, 5.74) is 18.7. The molecule has 0 radical (unpaired) electrons. The molecule has 5 heterocycles. The third-order valence-corrected chi connectivity index (χ3v) is 11.4. The minimum absolute atomic E-state index is 0.271. The van der Waals surface area contributed by atoms with E-state index in [1.807, 2.05) is 0 Å². The van der Waals surface area contributed by atoms with Crippen LogP contribution >= 0.6 is 0 Å². The Morgan fingerprint density at radius 3 is 2.19 bits per heavy atom. The molecule has 3 aliphatic heterocycles. The van der Waals surface area contributed by atoms with E-state index in [2.05, 4.69) is 124 Å². The topological polar surface area (TPSA) is 7.76 Å². The molecule has 5 aromatic carbocycles. The first-order valence-corrected chi connectivity index (χ1v) is 15.6. The quantitative estimate of drug-likeness (QED) is 0.180. The number of nitrogens with zero attached hydrogens (tertiary/aromatic N) is 2. The maximum atomic E-state index is 2.81. The van der Waals surface area contributed by atoms with Crippen molar-refractivity contribution in [2.75, 3.05) is 0 Å². The molecule has 0 saturated carbocycles. The van der Waals surface area contributed by atoms with Gasteiger partial charge in [-0.1, -0.05) is 91.0 Å². The monoisotopic (exact) mass is 546 g/mol. The number of pyridine rings is 2. The molecule has 0 saturated heterocycles. The highest BCUT2D eigenvalue weighted by Crippen LogP contribution is 2.58. The lowest BCUT2D eigenvalue weighted by Gasteiger charge is -2.43. The van der Waals surface area contributed by atoms with E-state index in [-0.39, 0.29) is 5.92 Å². The molecule has 2 heteroatoms. The fourth-order valence-electron chi connectivity index (χ4n) is 10.1. The summed E-state index contributed by atoms with van der Waals surface area (Å²) < 4.78 is 5.61. The Balaban J connectivity index is 1.38. The summed E-state index contributed by atoms with van der Waals surface area (Å²) >= 11 is 0. The Bertz CT molecular complexity index is 2500. The lowest BCUT2D eigenvalue weighted by Crippen LogP contribution is -2.77. The van der Waals surface area contributed by atoms with Gasteiger partial charge in [0.25, 0.3) is 11.4 Å². The van der Waals surface area contributed by atoms with Crippen molar-refractivity contribution in [3.63, 3.8) is 0 Å². The van der Waals surface area contributed by atoms with Gasteiger partial charge < -0.3 is 0 Å². The summed E-state index contributed by atoms with van der Waals surface area (Å²) in [6.07, 6.45) is 2.90. The van der Waals surface area contributed by atoms with Crippen LogP contribution in [-0.2, 0) is 24.9 Å². The van der Waals surface area contributed by atoms with Crippen molar-refractivity contribution in [3.8, 4) is 11.4 Å². The highest BCUT2D eigenvalue weighted by Gasteiger charge is 2.73. The van der Waals surface area contributed by atoms with E-state index in [0.29, 0.717) is 0 Å². The van der Waals surface area contributed by atoms with Gasteiger partial charge in [0.05, 0.1) is 18.2 Å². The number of hydrogen-bond acceptors (Lipinski definition) is 0. The Kier molecular flexibility index (Phi) is 3.48. The van der Waals surface area contributed by atoms with Crippen LogP contribution in [0.1, 0.15) is 67.4 Å². The minimum Gasteiger partial charge on any atom is -0.116 e. The van der Waals surface area contributed by atoms with Crippen LogP contribution in [0.2, 0.25) is 0 Å². The van der Waals surface area contributed by atoms with Crippen LogP contribution in [0.15, 0.2) is 115 Å². The summed E-state index contributed by atoms with van der Waals surface area (Å²) in [4.78, 5) is 0. The molecule has 12 rings (SSSR count). The van der Waals surface area contributed by atoms with E-state index < -0.39 is 5.66 Å². The van der Waals surface area contributed by atoms with Crippen LogP contribution < -0.4 is 9.13 Å². The van der Waals surface area contributed by atoms with Crippen molar-refractivity contribution in [2.24, 2.45) is 0 Å². The number of benzene rings is 5. The molecule has 2 atom stereocenters. The summed E-state index contributed by atoms with van der Waals surface area (Å²) in [7, 11) is 0. The average Bonchev–Trinajstić information content (AvgIpc) is 3.36. The van der Waals surface area contributed by atoms with Crippen LogP contribution in [0.5, 0.6) is 0 Å². The average molecular weight is 547 g/mol. The molecule has 2 aromatic heterocycles. The molecule has 2 unspecified atom stereocenters. The largest absolute Gasteiger partial charge is 0.417 e. The van der Waals surface area contributed by atoms with Gasteiger partial charge >= 0.3 is 5.66 Å². The number of fused-ring (bicyclic) bond motifs is 8. The second-order valence-electron chi connectivity index (χ2n) is 13.2. The highest BCUT2D eigenvalue weighted by molar-refractivity contribution is 5.95. The predicted molar refractivity (Wildman–Crippen MR) is 168 cm³/mol. The van der Waals surface area contributed by atoms with E-state index in [1.54, 1.807) is 11.1 Å². The fourth-order valence-corrected chi connectivity index (χ4v) is 10.1. The van der Waals surface area contributed by atoms with Crippen LogP contribution in [0, 0.1) is 0 Å². The lowest BCUT2D eigenvalue weighted by molar-refractivity contribution is -0.946. The molecule has 0 N–H and O–H groups in total. The van der Waals surface area contributed by atoms with Gasteiger partial charge in [0.1, 0.15) is 11.1 Å². The van der Waals surface area contributed by atoms with Gasteiger partial charge in [-0.15, -0.1) is 9.13 Å². The Morgan fingerprint density at radius 1 is 0.535 bits per heavy atom. The molecular weight excluding hydrogens is 520 g/mol. The molecule has 5 aliphatic rings. The third kappa shape index (κ3) is 2.20. The standard InChI is InChI=1S/C41H26N2/c1-4-12-30-25(10-1)21-35-40-32-14-6-3-9-24(32)19-29-20-28-17-16-26-18-23-8-2-5-13-31(23)37-33-15-7-11-27-22-34(30)43(35)41(38(27)33,42(29)40)39(28)36(26)37/h1-17,19,21,37H,18,20,22H2/q+2. The van der Waals surface area contributed by atoms with Crippen molar-refractivity contribution in [2.45, 2.75) is 30.8 Å². The second kappa shape index (κ2) is 6.93. The molecule has 7 aromatic rings. The van der Waals surface area contributed by atoms with Crippen molar-refractivity contribution >= 4 is 21.5 Å². The van der Waals surface area contributed by atoms with Crippen molar-refractivity contribution in [1.29, 1.82) is 0 Å². The smallest absolute Gasteiger partial charge is 0.116 e. The zero-order valence-corrected chi connectivity index (χ0v) is 23.6. The molecule has 43 heavy (non-hydrogen) atoms. The maximum Gasteiger partial charge on any atom is 0.417 e. The normalized spacial score (nSPS) is 20.1. The molecule has 0 fully saturated rings. The minimum atomic E-state index is -0.421. The van der Waals surface area contributed by atoms with Gasteiger partial charge in [-0.3, -0.25) is 0 Å². The zero-order valence-electron chi connectivity index (χ0n) is 23.6. The van der Waals surface area contributed by atoms with Crippen LogP contribution in [0.25, 0.3) is 32.9 Å². The van der Waals surface area contributed by atoms with E-state index in [9.17, 15) is 0 Å². The zero-order chi connectivity index (χ0) is 27.6. The first kappa shape index (κ1) is 21.6. The van der Waals surface area contributed by atoms with Crippen molar-refractivity contribution in [3.05, 3.63) is 177 Å². The molecule has 198 valence electrons. The Morgan fingerprint density at radius 2 is 1.26 bits per heavy atom. The van der Waals surface area contributed by atoms with Gasteiger partial charge in [0.2, 0.25) is 5.69 Å². The highest BCUT2D eigenvalue weighted by atomic mass is 15.4. The summed E-state index contributed by atoms with van der Waals surface area (Å²) in [5.74, 6) is 0.271. The predicted octanol–water partition coefficient (Wildman–Crippen LogP) is 7.05. The lowest BCUT2D eigenvalue weighted by atomic mass is 9.60. The number of hydrogen-bond donors (Lipinski definition) is 0. The fraction of sp³-hybridized carbons (Fsp3) is 0.122. The molecule has 2 aliphatic carbocycles. The molecule has 0 amide bonds. The van der Waals surface area contributed by atoms with Gasteiger partial charge in [0.15, 0.2) is 5.69 Å². The molecular formula is C41H26N2+2. The third-order valence-electron chi connectivity index (χ3n) is 11.4. The summed E-state index contributed by atoms with van der Waals surface area (Å²) in [6, 6.07) is 44.5. The van der Waals surface area contributed by atoms with E-state index >= 15 is 0 Å². The van der Waals surface area contributed by atoms with Crippen molar-refractivity contribution in [1.82, 2.24) is 0 Å². The van der Waals surface area contributed by atoms with Gasteiger partial charge in [-0.05, 0) is 68.3 Å². The van der Waals surface area contributed by atoms with E-state index in [0.717, 1.165) is 19.3 Å². The SMILES string of the molecule is c1ccc2c(c1)Cc1ccc3c4c1C2c1cccc2c1C41[n+]4c(cc5ccccc5c4C2)-c2c4ccccc4cc([n+]21)C3. The first-order chi connectivity index (χ1) is 21.3. The van der Waals surface area contributed by atoms with Crippen LogP contribution in [0.4, 0.5) is 0 Å². The Labute approximate surface area is 249 Å². The summed E-state index contributed by atoms with van der Waals surface area (Å²) in [6.45, 7) is 0. The van der Waals surface area contributed by atoms with Crippen LogP contribution in [0.3, 0.4) is 0 Å². The first-order valence-electron chi connectivity index (χ1n) is 15.6. The van der Waals surface area contributed by atoms with Gasteiger partial charge in [0, 0.05) is 23.4 Å². The molecule has 2 nitrogen and oxygen atoms in total.